The van der Waals surface area contributed by atoms with Crippen molar-refractivity contribution in [2.45, 2.75) is 25.5 Å². The number of carbonyl (C=O) groups is 1. The number of furan rings is 1. The van der Waals surface area contributed by atoms with Crippen molar-refractivity contribution in [3.8, 4) is 0 Å². The number of nitrogens with one attached hydrogen (secondary N) is 1. The quantitative estimate of drug-likeness (QED) is 0.877. The maximum atomic E-state index is 12.1. The predicted octanol–water partition coefficient (Wildman–Crippen LogP) is 3.83. The zero-order valence-corrected chi connectivity index (χ0v) is 12.9. The molecule has 2 atom stereocenters. The number of hydrogen-bond donors (Lipinski definition) is 2. The Morgan fingerprint density at radius 2 is 2.00 bits per heavy atom. The van der Waals surface area contributed by atoms with Crippen molar-refractivity contribution in [2.75, 3.05) is 0 Å². The topological polar surface area (TPSA) is 62.5 Å². The van der Waals surface area contributed by atoms with E-state index in [1.54, 1.807) is 37.3 Å². The van der Waals surface area contributed by atoms with Crippen LogP contribution >= 0.6 is 23.2 Å². The van der Waals surface area contributed by atoms with Gasteiger partial charge in [-0.2, -0.15) is 0 Å². The van der Waals surface area contributed by atoms with Crippen LogP contribution in [0.5, 0.6) is 0 Å². The summed E-state index contributed by atoms with van der Waals surface area (Å²) in [5.74, 6) is 0.181. The molecule has 0 radical (unpaired) electrons. The van der Waals surface area contributed by atoms with Crippen LogP contribution in [0.3, 0.4) is 0 Å². The maximum Gasteiger partial charge on any atom is 0.251 e. The van der Waals surface area contributed by atoms with Gasteiger partial charge in [-0.25, -0.2) is 0 Å². The summed E-state index contributed by atoms with van der Waals surface area (Å²) in [6.07, 6.45) is 1.07. The third-order valence-electron chi connectivity index (χ3n) is 2.95. The number of aliphatic hydroxyl groups excluding tert-OH is 1. The third-order valence-corrected chi connectivity index (χ3v) is 3.39. The first-order chi connectivity index (χ1) is 9.95. The van der Waals surface area contributed by atoms with Crippen LogP contribution in [0.25, 0.3) is 0 Å². The zero-order chi connectivity index (χ0) is 15.4. The number of amides is 1. The van der Waals surface area contributed by atoms with E-state index in [0.717, 1.165) is 0 Å². The fraction of sp³-hybridized carbons (Fsp3) is 0.267. The van der Waals surface area contributed by atoms with Crippen molar-refractivity contribution >= 4 is 29.1 Å². The number of benzene rings is 1. The second kappa shape index (κ2) is 6.98. The van der Waals surface area contributed by atoms with Crippen molar-refractivity contribution in [1.29, 1.82) is 0 Å². The van der Waals surface area contributed by atoms with E-state index in [0.29, 0.717) is 27.8 Å². The van der Waals surface area contributed by atoms with Gasteiger partial charge in [-0.1, -0.05) is 23.2 Å². The molecule has 0 saturated heterocycles. The van der Waals surface area contributed by atoms with Crippen molar-refractivity contribution in [3.63, 3.8) is 0 Å². The smallest absolute Gasteiger partial charge is 0.251 e. The highest BCUT2D eigenvalue weighted by Gasteiger charge is 2.17. The summed E-state index contributed by atoms with van der Waals surface area (Å²) < 4.78 is 5.12. The van der Waals surface area contributed by atoms with Crippen LogP contribution in [0.15, 0.2) is 41.0 Å². The van der Waals surface area contributed by atoms with E-state index in [9.17, 15) is 9.90 Å². The van der Waals surface area contributed by atoms with E-state index in [4.69, 9.17) is 27.6 Å². The molecule has 0 aliphatic rings. The third kappa shape index (κ3) is 4.49. The molecular formula is C15H15Cl2NO3. The average molecular weight is 328 g/mol. The van der Waals surface area contributed by atoms with Crippen LogP contribution in [0.4, 0.5) is 0 Å². The summed E-state index contributed by atoms with van der Waals surface area (Å²) in [4.78, 5) is 12.1. The molecule has 0 spiro atoms. The van der Waals surface area contributed by atoms with Gasteiger partial charge in [0, 0.05) is 28.1 Å². The van der Waals surface area contributed by atoms with Gasteiger partial charge in [0.2, 0.25) is 0 Å². The molecule has 1 aromatic heterocycles. The van der Waals surface area contributed by atoms with Crippen molar-refractivity contribution in [3.05, 3.63) is 58.0 Å². The number of rotatable bonds is 5. The molecule has 0 saturated carbocycles. The van der Waals surface area contributed by atoms with Gasteiger partial charge in [-0.05, 0) is 37.3 Å². The van der Waals surface area contributed by atoms with Crippen LogP contribution in [-0.4, -0.2) is 17.1 Å². The predicted molar refractivity (Wildman–Crippen MR) is 81.7 cm³/mol. The summed E-state index contributed by atoms with van der Waals surface area (Å²) in [7, 11) is 0. The molecule has 112 valence electrons. The van der Waals surface area contributed by atoms with E-state index in [1.807, 2.05) is 0 Å². The molecule has 6 heteroatoms. The number of halogens is 2. The molecule has 2 rings (SSSR count). The second-order valence-corrected chi connectivity index (χ2v) is 5.67. The molecule has 0 aliphatic carbocycles. The normalized spacial score (nSPS) is 13.7. The highest BCUT2D eigenvalue weighted by molar-refractivity contribution is 6.35. The lowest BCUT2D eigenvalue weighted by molar-refractivity contribution is 0.0903. The molecule has 2 aromatic rings. The van der Waals surface area contributed by atoms with E-state index in [-0.39, 0.29) is 11.9 Å². The zero-order valence-electron chi connectivity index (χ0n) is 11.3. The van der Waals surface area contributed by atoms with E-state index in [1.165, 1.54) is 6.26 Å². The first kappa shape index (κ1) is 15.9. The Morgan fingerprint density at radius 3 is 2.57 bits per heavy atom. The minimum absolute atomic E-state index is 0.240. The first-order valence-electron chi connectivity index (χ1n) is 6.44. The Morgan fingerprint density at radius 1 is 1.33 bits per heavy atom. The lowest BCUT2D eigenvalue weighted by Gasteiger charge is -2.17. The molecule has 1 amide bonds. The molecule has 0 bridgehead atoms. The van der Waals surface area contributed by atoms with Gasteiger partial charge in [-0.3, -0.25) is 4.79 Å². The lowest BCUT2D eigenvalue weighted by atomic mass is 10.1. The summed E-state index contributed by atoms with van der Waals surface area (Å²) in [5.41, 5.74) is 0.381. The van der Waals surface area contributed by atoms with Gasteiger partial charge in [0.1, 0.15) is 11.9 Å². The van der Waals surface area contributed by atoms with Gasteiger partial charge in [-0.15, -0.1) is 0 Å². The summed E-state index contributed by atoms with van der Waals surface area (Å²) in [5, 5.41) is 13.5. The first-order valence-corrected chi connectivity index (χ1v) is 7.19. The van der Waals surface area contributed by atoms with Crippen molar-refractivity contribution in [2.24, 2.45) is 0 Å². The molecule has 1 aromatic carbocycles. The number of hydrogen-bond acceptors (Lipinski definition) is 3. The lowest BCUT2D eigenvalue weighted by Crippen LogP contribution is -2.33. The number of carbonyl (C=O) groups excluding carboxylic acids is 1. The standard InChI is InChI=1S/C15H15Cl2NO3/c1-9(5-13(19)14-3-2-4-21-14)18-15(20)10-6-11(16)8-12(17)7-10/h2-4,6-9,13,19H,5H2,1H3,(H,18,20). The second-order valence-electron chi connectivity index (χ2n) is 4.80. The minimum Gasteiger partial charge on any atom is -0.467 e. The fourth-order valence-electron chi connectivity index (χ4n) is 1.98. The van der Waals surface area contributed by atoms with Gasteiger partial charge in [0.25, 0.3) is 5.91 Å². The van der Waals surface area contributed by atoms with Crippen LogP contribution < -0.4 is 5.32 Å². The van der Waals surface area contributed by atoms with Gasteiger partial charge < -0.3 is 14.8 Å². The summed E-state index contributed by atoms with van der Waals surface area (Å²) in [6, 6.07) is 7.79. The molecule has 0 fully saturated rings. The van der Waals surface area contributed by atoms with Gasteiger partial charge in [0.15, 0.2) is 0 Å². The Labute approximate surface area is 132 Å². The molecule has 0 aliphatic heterocycles. The Bertz CT molecular complexity index is 593. The molecule has 21 heavy (non-hydrogen) atoms. The van der Waals surface area contributed by atoms with Gasteiger partial charge >= 0.3 is 0 Å². The molecular weight excluding hydrogens is 313 g/mol. The van der Waals surface area contributed by atoms with Crippen molar-refractivity contribution < 1.29 is 14.3 Å². The highest BCUT2D eigenvalue weighted by atomic mass is 35.5. The van der Waals surface area contributed by atoms with E-state index < -0.39 is 6.10 Å². The number of aliphatic hydroxyl groups is 1. The molecule has 1 heterocycles. The van der Waals surface area contributed by atoms with Crippen LogP contribution in [-0.2, 0) is 0 Å². The Hall–Kier alpha value is -1.49. The van der Waals surface area contributed by atoms with Crippen molar-refractivity contribution in [1.82, 2.24) is 5.32 Å². The SMILES string of the molecule is CC(CC(O)c1ccco1)NC(=O)c1cc(Cl)cc(Cl)c1. The fourth-order valence-corrected chi connectivity index (χ4v) is 2.51. The minimum atomic E-state index is -0.766. The maximum absolute atomic E-state index is 12.1. The van der Waals surface area contributed by atoms with E-state index >= 15 is 0 Å². The molecule has 4 nitrogen and oxygen atoms in total. The largest absolute Gasteiger partial charge is 0.467 e. The van der Waals surface area contributed by atoms with Crippen LogP contribution in [0.2, 0.25) is 10.0 Å². The molecule has 2 N–H and O–H groups in total. The summed E-state index contributed by atoms with van der Waals surface area (Å²) >= 11 is 11.7. The monoisotopic (exact) mass is 327 g/mol. The summed E-state index contributed by atoms with van der Waals surface area (Å²) in [6.45, 7) is 1.80. The van der Waals surface area contributed by atoms with Gasteiger partial charge in [0.05, 0.1) is 6.26 Å². The Balaban J connectivity index is 1.95. The average Bonchev–Trinajstić information content (AvgIpc) is 2.91. The van der Waals surface area contributed by atoms with Crippen LogP contribution in [0, 0.1) is 0 Å². The molecule has 2 unspecified atom stereocenters. The Kier molecular flexibility index (Phi) is 5.28. The van der Waals surface area contributed by atoms with E-state index in [2.05, 4.69) is 5.32 Å². The highest BCUT2D eigenvalue weighted by Crippen LogP contribution is 2.21. The van der Waals surface area contributed by atoms with Crippen LogP contribution in [0.1, 0.15) is 35.6 Å².